The minimum absolute atomic E-state index is 0.0865. The van der Waals surface area contributed by atoms with Crippen molar-refractivity contribution in [3.8, 4) is 0 Å². The van der Waals surface area contributed by atoms with Crippen molar-refractivity contribution in [3.63, 3.8) is 0 Å². The molecular weight excluding hydrogens is 281 g/mol. The molecular formula is C10H19ClNO3PS. The number of hydrogen-bond acceptors (Lipinski definition) is 4. The normalized spacial score (nSPS) is 35.2. The van der Waals surface area contributed by atoms with Crippen LogP contribution in [-0.2, 0) is 14.4 Å². The molecule has 2 rings (SSSR count). The fourth-order valence-corrected chi connectivity index (χ4v) is 5.75. The van der Waals surface area contributed by atoms with Crippen molar-refractivity contribution in [2.45, 2.75) is 50.5 Å². The Labute approximate surface area is 109 Å². The van der Waals surface area contributed by atoms with Crippen LogP contribution in [0.5, 0.6) is 0 Å². The van der Waals surface area contributed by atoms with Crippen molar-refractivity contribution >= 4 is 28.7 Å². The van der Waals surface area contributed by atoms with Crippen LogP contribution in [0.1, 0.15) is 33.6 Å². The summed E-state index contributed by atoms with van der Waals surface area (Å²) in [4.78, 5) is 0. The van der Waals surface area contributed by atoms with Gasteiger partial charge in [0.05, 0.1) is 16.6 Å². The van der Waals surface area contributed by atoms with Crippen LogP contribution in [0.3, 0.4) is 0 Å². The highest BCUT2D eigenvalue weighted by Gasteiger charge is 2.47. The largest absolute Gasteiger partial charge is 0.325 e. The summed E-state index contributed by atoms with van der Waals surface area (Å²) in [5.41, 5.74) is 0. The van der Waals surface area contributed by atoms with Crippen molar-refractivity contribution in [2.24, 2.45) is 0 Å². The van der Waals surface area contributed by atoms with Crippen molar-refractivity contribution in [1.29, 1.82) is 0 Å². The summed E-state index contributed by atoms with van der Waals surface area (Å²) in [6.45, 7) is 6.12. The van der Waals surface area contributed by atoms with E-state index in [1.54, 1.807) is 20.8 Å². The van der Waals surface area contributed by atoms with Gasteiger partial charge >= 0.3 is 0 Å². The fourth-order valence-electron chi connectivity index (χ4n) is 2.20. The van der Waals surface area contributed by atoms with Gasteiger partial charge in [-0.3, -0.25) is 0 Å². The molecule has 0 saturated carbocycles. The molecule has 2 aliphatic rings. The molecule has 7 heteroatoms. The maximum atomic E-state index is 12.2. The molecule has 2 heterocycles. The SMILES string of the molecule is CC(C)(C)S(=O)(=O)C[C@@H]1OP(Cl)N2CCC[C@H]12. The Balaban J connectivity index is 2.11. The summed E-state index contributed by atoms with van der Waals surface area (Å²) < 4.78 is 31.4. The lowest BCUT2D eigenvalue weighted by Gasteiger charge is -2.23. The highest BCUT2D eigenvalue weighted by molar-refractivity contribution is 7.92. The zero-order valence-corrected chi connectivity index (χ0v) is 12.9. The van der Waals surface area contributed by atoms with E-state index >= 15 is 0 Å². The van der Waals surface area contributed by atoms with E-state index in [1.807, 2.05) is 0 Å². The molecule has 2 fully saturated rings. The summed E-state index contributed by atoms with van der Waals surface area (Å²) in [5.74, 6) is 0.0865. The molecule has 0 N–H and O–H groups in total. The zero-order valence-electron chi connectivity index (χ0n) is 10.4. The van der Waals surface area contributed by atoms with Gasteiger partial charge in [0.1, 0.15) is 0 Å². The average Bonchev–Trinajstić information content (AvgIpc) is 2.70. The first-order chi connectivity index (χ1) is 7.72. The van der Waals surface area contributed by atoms with E-state index in [4.69, 9.17) is 15.8 Å². The summed E-state index contributed by atoms with van der Waals surface area (Å²) in [6.07, 6.45) is 1.84. The average molecular weight is 300 g/mol. The summed E-state index contributed by atoms with van der Waals surface area (Å²) in [6, 6.07) is 0.204. The highest BCUT2D eigenvalue weighted by Crippen LogP contribution is 2.58. The first kappa shape index (κ1) is 14.0. The van der Waals surface area contributed by atoms with Gasteiger partial charge in [0.25, 0.3) is 0 Å². The van der Waals surface area contributed by atoms with E-state index in [9.17, 15) is 8.42 Å². The molecule has 0 amide bonds. The minimum Gasteiger partial charge on any atom is -0.325 e. The number of halogens is 1. The lowest BCUT2D eigenvalue weighted by Crippen LogP contribution is -2.40. The molecule has 17 heavy (non-hydrogen) atoms. The van der Waals surface area contributed by atoms with Crippen LogP contribution in [0.4, 0.5) is 0 Å². The van der Waals surface area contributed by atoms with Crippen molar-refractivity contribution in [2.75, 3.05) is 12.3 Å². The Morgan fingerprint density at radius 2 is 2.12 bits per heavy atom. The second-order valence-corrected chi connectivity index (χ2v) is 10.5. The molecule has 2 aliphatic heterocycles. The minimum atomic E-state index is -3.14. The Morgan fingerprint density at radius 3 is 2.71 bits per heavy atom. The topological polar surface area (TPSA) is 46.6 Å². The van der Waals surface area contributed by atoms with Gasteiger partial charge in [-0.25, -0.2) is 13.1 Å². The van der Waals surface area contributed by atoms with Gasteiger partial charge in [-0.05, 0) is 44.9 Å². The van der Waals surface area contributed by atoms with E-state index in [0.29, 0.717) is 0 Å². The van der Waals surface area contributed by atoms with E-state index in [0.717, 1.165) is 19.4 Å². The molecule has 0 aromatic rings. The van der Waals surface area contributed by atoms with Crippen LogP contribution >= 0.6 is 18.9 Å². The van der Waals surface area contributed by atoms with Crippen LogP contribution < -0.4 is 0 Å². The molecule has 4 nitrogen and oxygen atoms in total. The smallest absolute Gasteiger partial charge is 0.207 e. The number of hydrogen-bond donors (Lipinski definition) is 0. The van der Waals surface area contributed by atoms with Gasteiger partial charge in [-0.1, -0.05) is 0 Å². The molecule has 1 unspecified atom stereocenters. The van der Waals surface area contributed by atoms with Gasteiger partial charge in [0, 0.05) is 12.6 Å². The molecule has 0 aromatic heterocycles. The van der Waals surface area contributed by atoms with Crippen LogP contribution in [-0.4, -0.2) is 42.3 Å². The summed E-state index contributed by atoms with van der Waals surface area (Å²) in [5, 5.41) is 0. The molecule has 2 saturated heterocycles. The number of nitrogens with zero attached hydrogens (tertiary/aromatic N) is 1. The standard InChI is InChI=1S/C10H19ClNO3PS/c1-10(2,3)17(13,14)7-9-8-5-4-6-12(8)16(11)15-9/h8-9H,4-7H2,1-3H3/t8-,9+,16?/m1/s1. The Kier molecular flexibility index (Phi) is 3.79. The third kappa shape index (κ3) is 2.64. The number of rotatable bonds is 2. The van der Waals surface area contributed by atoms with Crippen LogP contribution in [0, 0.1) is 0 Å². The molecule has 0 radical (unpaired) electrons. The first-order valence-electron chi connectivity index (χ1n) is 5.84. The Bertz CT molecular complexity index is 395. The van der Waals surface area contributed by atoms with Crippen molar-refractivity contribution in [1.82, 2.24) is 4.67 Å². The van der Waals surface area contributed by atoms with E-state index in [2.05, 4.69) is 4.67 Å². The maximum Gasteiger partial charge on any atom is 0.207 e. The molecule has 0 spiro atoms. The van der Waals surface area contributed by atoms with Crippen molar-refractivity contribution < 1.29 is 12.9 Å². The number of sulfone groups is 1. The van der Waals surface area contributed by atoms with Gasteiger partial charge in [0.15, 0.2) is 9.84 Å². The Hall–Kier alpha value is 0.590. The quantitative estimate of drug-likeness (QED) is 0.735. The molecule has 0 bridgehead atoms. The van der Waals surface area contributed by atoms with Crippen LogP contribution in [0.2, 0.25) is 0 Å². The van der Waals surface area contributed by atoms with Gasteiger partial charge < -0.3 is 4.52 Å². The van der Waals surface area contributed by atoms with Crippen LogP contribution in [0.15, 0.2) is 0 Å². The van der Waals surface area contributed by atoms with E-state index in [1.165, 1.54) is 0 Å². The summed E-state index contributed by atoms with van der Waals surface area (Å²) >= 11 is 6.12. The van der Waals surface area contributed by atoms with Crippen molar-refractivity contribution in [3.05, 3.63) is 0 Å². The third-order valence-electron chi connectivity index (χ3n) is 3.44. The molecule has 0 aromatic carbocycles. The fraction of sp³-hybridized carbons (Fsp3) is 1.00. The monoisotopic (exact) mass is 299 g/mol. The van der Waals surface area contributed by atoms with E-state index in [-0.39, 0.29) is 17.9 Å². The summed E-state index contributed by atoms with van der Waals surface area (Å²) in [7, 11) is -4.24. The molecule has 0 aliphatic carbocycles. The predicted molar refractivity (Wildman–Crippen MR) is 70.9 cm³/mol. The van der Waals surface area contributed by atoms with Gasteiger partial charge in [-0.2, -0.15) is 0 Å². The van der Waals surface area contributed by atoms with Gasteiger partial charge in [-0.15, -0.1) is 0 Å². The first-order valence-corrected chi connectivity index (χ1v) is 9.61. The van der Waals surface area contributed by atoms with E-state index < -0.39 is 22.2 Å². The maximum absolute atomic E-state index is 12.2. The molecule has 3 atom stereocenters. The Morgan fingerprint density at radius 1 is 1.47 bits per heavy atom. The second-order valence-electron chi connectivity index (χ2n) is 5.64. The highest BCUT2D eigenvalue weighted by atomic mass is 35.7. The third-order valence-corrected chi connectivity index (χ3v) is 8.24. The lowest BCUT2D eigenvalue weighted by molar-refractivity contribution is 0.234. The number of fused-ring (bicyclic) bond motifs is 1. The molecule has 100 valence electrons. The lowest BCUT2D eigenvalue weighted by atomic mass is 10.1. The van der Waals surface area contributed by atoms with Gasteiger partial charge in [0.2, 0.25) is 7.65 Å². The predicted octanol–water partition coefficient (Wildman–Crippen LogP) is 2.53. The zero-order chi connectivity index (χ0) is 12.8. The second kappa shape index (κ2) is 4.61. The van der Waals surface area contributed by atoms with Crippen LogP contribution in [0.25, 0.3) is 0 Å².